The molecule has 6 nitrogen and oxygen atoms in total. The average molecular weight is 325 g/mol. The van der Waals surface area contributed by atoms with Crippen LogP contribution in [0.25, 0.3) is 0 Å². The molecule has 0 aliphatic carbocycles. The standard InChI is InChI=1S/C15H23N3O3S/c19-15(7-6-14-4-2-1-3-5-14)17-10-13-22(20,21)18-11-8-16-9-12-18/h1-5,16H,6-13H2,(H,17,19). The second-order valence-corrected chi connectivity index (χ2v) is 7.39. The molecule has 0 radical (unpaired) electrons. The van der Waals surface area contributed by atoms with Gasteiger partial charge in [0.25, 0.3) is 0 Å². The molecule has 1 aliphatic heterocycles. The number of rotatable bonds is 7. The van der Waals surface area contributed by atoms with E-state index in [1.54, 1.807) is 0 Å². The van der Waals surface area contributed by atoms with Gasteiger partial charge in [0, 0.05) is 39.1 Å². The molecule has 1 saturated heterocycles. The molecule has 1 aliphatic rings. The number of nitrogens with zero attached hydrogens (tertiary/aromatic N) is 1. The van der Waals surface area contributed by atoms with Gasteiger partial charge in [-0.2, -0.15) is 4.31 Å². The van der Waals surface area contributed by atoms with E-state index < -0.39 is 10.0 Å². The second kappa shape index (κ2) is 8.26. The van der Waals surface area contributed by atoms with Crippen molar-refractivity contribution in [1.82, 2.24) is 14.9 Å². The predicted octanol–water partition coefficient (Wildman–Crippen LogP) is -0.0296. The number of carbonyl (C=O) groups is 1. The van der Waals surface area contributed by atoms with Gasteiger partial charge in [-0.3, -0.25) is 4.79 Å². The number of amides is 1. The molecule has 1 amide bonds. The molecule has 0 spiro atoms. The van der Waals surface area contributed by atoms with Gasteiger partial charge in [-0.1, -0.05) is 30.3 Å². The van der Waals surface area contributed by atoms with Crippen LogP contribution in [0.2, 0.25) is 0 Å². The Morgan fingerprint density at radius 1 is 1.18 bits per heavy atom. The number of sulfonamides is 1. The van der Waals surface area contributed by atoms with Crippen molar-refractivity contribution in [2.24, 2.45) is 0 Å². The highest BCUT2D eigenvalue weighted by Gasteiger charge is 2.23. The highest BCUT2D eigenvalue weighted by atomic mass is 32.2. The molecule has 122 valence electrons. The van der Waals surface area contributed by atoms with Gasteiger partial charge in [-0.15, -0.1) is 0 Å². The lowest BCUT2D eigenvalue weighted by molar-refractivity contribution is -0.120. The lowest BCUT2D eigenvalue weighted by Crippen LogP contribution is -2.48. The normalized spacial score (nSPS) is 16.4. The quantitative estimate of drug-likeness (QED) is 0.738. The van der Waals surface area contributed by atoms with Gasteiger partial charge in [-0.05, 0) is 12.0 Å². The van der Waals surface area contributed by atoms with Crippen molar-refractivity contribution >= 4 is 15.9 Å². The zero-order chi connectivity index (χ0) is 15.8. The summed E-state index contributed by atoms with van der Waals surface area (Å²) in [7, 11) is -3.27. The van der Waals surface area contributed by atoms with Gasteiger partial charge in [0.05, 0.1) is 5.75 Å². The molecule has 0 bridgehead atoms. The molecule has 1 aromatic carbocycles. The summed E-state index contributed by atoms with van der Waals surface area (Å²) in [4.78, 5) is 11.7. The van der Waals surface area contributed by atoms with Crippen LogP contribution in [-0.4, -0.2) is 57.1 Å². The molecule has 0 unspecified atom stereocenters. The van der Waals surface area contributed by atoms with E-state index >= 15 is 0 Å². The Bertz CT molecular complexity index is 569. The Morgan fingerprint density at radius 3 is 2.55 bits per heavy atom. The highest BCUT2D eigenvalue weighted by molar-refractivity contribution is 7.89. The zero-order valence-corrected chi connectivity index (χ0v) is 13.4. The molecule has 7 heteroatoms. The number of aryl methyl sites for hydroxylation is 1. The highest BCUT2D eigenvalue weighted by Crippen LogP contribution is 2.04. The molecule has 0 atom stereocenters. The van der Waals surface area contributed by atoms with Gasteiger partial charge in [0.15, 0.2) is 0 Å². The number of benzene rings is 1. The Kier molecular flexibility index (Phi) is 6.35. The maximum absolute atomic E-state index is 12.1. The van der Waals surface area contributed by atoms with E-state index in [1.807, 2.05) is 30.3 Å². The summed E-state index contributed by atoms with van der Waals surface area (Å²) in [6.45, 7) is 2.54. The Balaban J connectivity index is 1.68. The lowest BCUT2D eigenvalue weighted by Gasteiger charge is -2.26. The lowest BCUT2D eigenvalue weighted by atomic mass is 10.1. The maximum Gasteiger partial charge on any atom is 0.220 e. The van der Waals surface area contributed by atoms with E-state index in [2.05, 4.69) is 10.6 Å². The van der Waals surface area contributed by atoms with Crippen LogP contribution in [0.15, 0.2) is 30.3 Å². The van der Waals surface area contributed by atoms with Gasteiger partial charge >= 0.3 is 0 Å². The van der Waals surface area contributed by atoms with E-state index in [9.17, 15) is 13.2 Å². The molecule has 22 heavy (non-hydrogen) atoms. The largest absolute Gasteiger partial charge is 0.355 e. The van der Waals surface area contributed by atoms with E-state index in [0.717, 1.165) is 5.56 Å². The van der Waals surface area contributed by atoms with Crippen LogP contribution in [0.5, 0.6) is 0 Å². The minimum atomic E-state index is -3.27. The molecule has 1 aromatic rings. The number of piperazine rings is 1. The first-order valence-electron chi connectivity index (χ1n) is 7.57. The molecular weight excluding hydrogens is 302 g/mol. The molecule has 0 aromatic heterocycles. The van der Waals surface area contributed by atoms with Crippen LogP contribution < -0.4 is 10.6 Å². The van der Waals surface area contributed by atoms with E-state index in [4.69, 9.17) is 0 Å². The Labute approximate surface area is 131 Å². The first-order valence-corrected chi connectivity index (χ1v) is 9.18. The van der Waals surface area contributed by atoms with Crippen LogP contribution in [0.1, 0.15) is 12.0 Å². The van der Waals surface area contributed by atoms with Gasteiger partial charge in [0.2, 0.25) is 15.9 Å². The van der Waals surface area contributed by atoms with Crippen molar-refractivity contribution in [2.45, 2.75) is 12.8 Å². The van der Waals surface area contributed by atoms with Gasteiger partial charge < -0.3 is 10.6 Å². The predicted molar refractivity (Wildman–Crippen MR) is 86.0 cm³/mol. The fourth-order valence-electron chi connectivity index (χ4n) is 2.36. The van der Waals surface area contributed by atoms with Crippen molar-refractivity contribution in [1.29, 1.82) is 0 Å². The Hall–Kier alpha value is -1.44. The number of carbonyl (C=O) groups excluding carboxylic acids is 1. The summed E-state index contributed by atoms with van der Waals surface area (Å²) in [6, 6.07) is 9.76. The van der Waals surface area contributed by atoms with E-state index in [-0.39, 0.29) is 18.2 Å². The van der Waals surface area contributed by atoms with Crippen molar-refractivity contribution in [3.8, 4) is 0 Å². The molecule has 2 N–H and O–H groups in total. The number of nitrogens with one attached hydrogen (secondary N) is 2. The second-order valence-electron chi connectivity index (χ2n) is 5.30. The molecular formula is C15H23N3O3S. The fourth-order valence-corrected chi connectivity index (χ4v) is 3.72. The van der Waals surface area contributed by atoms with Crippen LogP contribution in [0.3, 0.4) is 0 Å². The SMILES string of the molecule is O=C(CCc1ccccc1)NCCS(=O)(=O)N1CCNCC1. The minimum Gasteiger partial charge on any atom is -0.355 e. The van der Waals surface area contributed by atoms with E-state index in [0.29, 0.717) is 39.0 Å². The first kappa shape index (κ1) is 16.9. The average Bonchev–Trinajstić information content (AvgIpc) is 2.54. The van der Waals surface area contributed by atoms with Crippen molar-refractivity contribution in [3.63, 3.8) is 0 Å². The Morgan fingerprint density at radius 2 is 1.86 bits per heavy atom. The summed E-state index contributed by atoms with van der Waals surface area (Å²) in [6.07, 6.45) is 1.04. The van der Waals surface area contributed by atoms with Crippen LogP contribution in [0, 0.1) is 0 Å². The summed E-state index contributed by atoms with van der Waals surface area (Å²) in [5.74, 6) is -0.149. The van der Waals surface area contributed by atoms with Crippen molar-refractivity contribution in [3.05, 3.63) is 35.9 Å². The number of hydrogen-bond donors (Lipinski definition) is 2. The summed E-state index contributed by atoms with van der Waals surface area (Å²) in [5.41, 5.74) is 1.10. The molecule has 0 saturated carbocycles. The van der Waals surface area contributed by atoms with Crippen LogP contribution >= 0.6 is 0 Å². The minimum absolute atomic E-state index is 0.0376. The number of hydrogen-bond acceptors (Lipinski definition) is 4. The van der Waals surface area contributed by atoms with Gasteiger partial charge in [-0.25, -0.2) is 8.42 Å². The third-order valence-electron chi connectivity index (χ3n) is 3.64. The summed E-state index contributed by atoms with van der Waals surface area (Å²) >= 11 is 0. The molecule has 1 heterocycles. The summed E-state index contributed by atoms with van der Waals surface area (Å²) in [5, 5.41) is 5.81. The van der Waals surface area contributed by atoms with Crippen molar-refractivity contribution in [2.75, 3.05) is 38.5 Å². The summed E-state index contributed by atoms with van der Waals surface area (Å²) < 4.78 is 25.7. The molecule has 1 fully saturated rings. The maximum atomic E-state index is 12.1. The first-order chi connectivity index (χ1) is 10.6. The van der Waals surface area contributed by atoms with Crippen LogP contribution in [0.4, 0.5) is 0 Å². The van der Waals surface area contributed by atoms with Crippen LogP contribution in [-0.2, 0) is 21.2 Å². The third kappa shape index (κ3) is 5.40. The van der Waals surface area contributed by atoms with Crippen molar-refractivity contribution < 1.29 is 13.2 Å². The zero-order valence-electron chi connectivity index (χ0n) is 12.6. The smallest absolute Gasteiger partial charge is 0.220 e. The molecule has 2 rings (SSSR count). The van der Waals surface area contributed by atoms with Gasteiger partial charge in [0.1, 0.15) is 0 Å². The topological polar surface area (TPSA) is 78.5 Å². The fraction of sp³-hybridized carbons (Fsp3) is 0.533. The third-order valence-corrected chi connectivity index (χ3v) is 5.51. The van der Waals surface area contributed by atoms with E-state index in [1.165, 1.54) is 4.31 Å². The monoisotopic (exact) mass is 325 g/mol.